The molecule has 4 N–H and O–H groups in total. The van der Waals surface area contributed by atoms with Crippen molar-refractivity contribution < 1.29 is 85.7 Å². The molecule has 0 unspecified atom stereocenters. The SMILES string of the molecule is O=C(O)c1ccc(C(c2ccc(C(=O)O)c(C(=O)O)c2)(C(F)(F)F)C(F)(C(=O)OF)C(=O)OF)cc1C(=O)O. The van der Waals surface area contributed by atoms with Gasteiger partial charge in [-0.2, -0.15) is 13.2 Å². The summed E-state index contributed by atoms with van der Waals surface area (Å²) in [7, 11) is 0. The van der Waals surface area contributed by atoms with Crippen LogP contribution in [0.3, 0.4) is 0 Å². The summed E-state index contributed by atoms with van der Waals surface area (Å²) in [5, 5.41) is 36.9. The minimum atomic E-state index is -6.49. The van der Waals surface area contributed by atoms with Crippen molar-refractivity contribution in [3.8, 4) is 0 Å². The van der Waals surface area contributed by atoms with Crippen LogP contribution in [0.15, 0.2) is 36.4 Å². The molecule has 0 fully saturated rings. The molecule has 39 heavy (non-hydrogen) atoms. The molecule has 2 rings (SSSR count). The lowest BCUT2D eigenvalue weighted by atomic mass is 9.62. The monoisotopic (exact) mass is 568 g/mol. The first-order valence-electron chi connectivity index (χ1n) is 9.57. The van der Waals surface area contributed by atoms with Crippen LogP contribution in [0.25, 0.3) is 0 Å². The van der Waals surface area contributed by atoms with Crippen molar-refractivity contribution in [2.24, 2.45) is 0 Å². The fraction of sp³-hybridized carbons (Fsp3) is 0.143. The highest BCUT2D eigenvalue weighted by Gasteiger charge is 2.79. The number of carbonyl (C=O) groups is 6. The first-order chi connectivity index (χ1) is 17.9. The number of hydrogen-bond acceptors (Lipinski definition) is 8. The Hall–Kier alpha value is -5.16. The molecule has 0 amide bonds. The standard InChI is InChI=1S/C21H10F6O12/c22-20(17(36)38-26,18(37)39-27)19(21(23,24)25,7-1-3-9(13(28)29)11(5-7)15(32)33)8-2-4-10(14(30)31)12(6-8)16(34)35/h1-6H,(H,28,29)(H,30,31)(H,32,33)(H,34,35). The Morgan fingerprint density at radius 3 is 1.10 bits per heavy atom. The van der Waals surface area contributed by atoms with Gasteiger partial charge in [-0.15, -0.1) is 0 Å². The number of carbonyl (C=O) groups excluding carboxylic acids is 2. The van der Waals surface area contributed by atoms with Gasteiger partial charge in [0.2, 0.25) is 0 Å². The normalized spacial score (nSPS) is 11.8. The molecule has 12 nitrogen and oxygen atoms in total. The molecule has 0 bridgehead atoms. The van der Waals surface area contributed by atoms with E-state index in [4.69, 9.17) is 10.2 Å². The second-order valence-corrected chi connectivity index (χ2v) is 7.38. The van der Waals surface area contributed by atoms with Crippen LogP contribution in [0, 0.1) is 0 Å². The number of aromatic carboxylic acids is 4. The van der Waals surface area contributed by atoms with Crippen molar-refractivity contribution in [2.45, 2.75) is 17.3 Å². The number of halogens is 6. The van der Waals surface area contributed by atoms with Gasteiger partial charge in [-0.3, -0.25) is 9.88 Å². The molecule has 0 saturated heterocycles. The highest BCUT2D eigenvalue weighted by Crippen LogP contribution is 2.56. The van der Waals surface area contributed by atoms with Crippen molar-refractivity contribution in [3.05, 3.63) is 69.8 Å². The Bertz CT molecular complexity index is 1310. The molecule has 0 aliphatic rings. The number of carboxylic acids is 4. The maximum atomic E-state index is 16.3. The number of carboxylic acid groups (broad SMARTS) is 4. The molecule has 0 saturated carbocycles. The zero-order valence-electron chi connectivity index (χ0n) is 18.3. The summed E-state index contributed by atoms with van der Waals surface area (Å²) in [6.07, 6.45) is -6.49. The summed E-state index contributed by atoms with van der Waals surface area (Å²) >= 11 is 0. The zero-order valence-corrected chi connectivity index (χ0v) is 18.3. The maximum absolute atomic E-state index is 16.3. The Morgan fingerprint density at radius 2 is 0.872 bits per heavy atom. The third kappa shape index (κ3) is 4.55. The molecule has 0 heterocycles. The Balaban J connectivity index is 3.38. The van der Waals surface area contributed by atoms with E-state index in [1.807, 2.05) is 0 Å². The minimum absolute atomic E-state index is 0.000282. The second-order valence-electron chi connectivity index (χ2n) is 7.38. The van der Waals surface area contributed by atoms with Gasteiger partial charge in [-0.25, -0.2) is 33.2 Å². The molecule has 0 aliphatic heterocycles. The lowest BCUT2D eigenvalue weighted by Gasteiger charge is -2.42. The van der Waals surface area contributed by atoms with E-state index in [2.05, 4.69) is 9.88 Å². The van der Waals surface area contributed by atoms with Gasteiger partial charge in [-0.05, 0) is 35.4 Å². The largest absolute Gasteiger partial charge is 0.478 e. The van der Waals surface area contributed by atoms with Crippen LogP contribution in [0.2, 0.25) is 0 Å². The topological polar surface area (TPSA) is 202 Å². The van der Waals surface area contributed by atoms with E-state index < -0.39 is 86.5 Å². The molecular formula is C21H10F6O12. The summed E-state index contributed by atoms with van der Waals surface area (Å²) in [5.74, 6) is -15.5. The molecule has 0 atom stereocenters. The van der Waals surface area contributed by atoms with Gasteiger partial charge in [-0.1, -0.05) is 12.1 Å². The van der Waals surface area contributed by atoms with Gasteiger partial charge in [0.15, 0.2) is 5.41 Å². The van der Waals surface area contributed by atoms with Gasteiger partial charge < -0.3 is 20.4 Å². The Labute approximate surface area is 209 Å². The predicted molar refractivity (Wildman–Crippen MR) is 106 cm³/mol. The Kier molecular flexibility index (Phi) is 7.94. The molecule has 0 radical (unpaired) electrons. The molecule has 2 aromatic carbocycles. The van der Waals surface area contributed by atoms with Crippen molar-refractivity contribution in [3.63, 3.8) is 0 Å². The van der Waals surface area contributed by atoms with Crippen molar-refractivity contribution >= 4 is 35.8 Å². The van der Waals surface area contributed by atoms with Gasteiger partial charge in [0.05, 0.1) is 22.3 Å². The lowest BCUT2D eigenvalue weighted by molar-refractivity contribution is -0.254. The fourth-order valence-corrected chi connectivity index (χ4v) is 3.86. The van der Waals surface area contributed by atoms with Gasteiger partial charge >= 0.3 is 47.7 Å². The highest BCUT2D eigenvalue weighted by atomic mass is 19.4. The summed E-state index contributed by atoms with van der Waals surface area (Å²) in [4.78, 5) is 75.0. The number of hydrogen-bond donors (Lipinski definition) is 4. The lowest BCUT2D eigenvalue weighted by Crippen LogP contribution is -2.66. The number of rotatable bonds is 9. The van der Waals surface area contributed by atoms with Crippen molar-refractivity contribution in [1.29, 1.82) is 0 Å². The average molecular weight is 568 g/mol. The van der Waals surface area contributed by atoms with Crippen LogP contribution in [-0.4, -0.2) is 68.1 Å². The average Bonchev–Trinajstić information content (AvgIpc) is 2.86. The van der Waals surface area contributed by atoms with Crippen LogP contribution in [0.4, 0.5) is 26.6 Å². The quantitative estimate of drug-likeness (QED) is 0.255. The number of alkyl halides is 4. The predicted octanol–water partition coefficient (Wildman–Crippen LogP) is 2.89. The summed E-state index contributed by atoms with van der Waals surface area (Å²) < 4.78 is 87.2. The first kappa shape index (κ1) is 30.1. The van der Waals surface area contributed by atoms with E-state index >= 15 is 4.39 Å². The molecule has 2 aromatic rings. The van der Waals surface area contributed by atoms with Crippen LogP contribution in [0.5, 0.6) is 0 Å². The van der Waals surface area contributed by atoms with Crippen LogP contribution in [-0.2, 0) is 24.9 Å². The molecule has 0 aromatic heterocycles. The minimum Gasteiger partial charge on any atom is -0.478 e. The highest BCUT2D eigenvalue weighted by molar-refractivity contribution is 6.08. The van der Waals surface area contributed by atoms with Crippen LogP contribution >= 0.6 is 0 Å². The van der Waals surface area contributed by atoms with E-state index in [0.29, 0.717) is 0 Å². The van der Waals surface area contributed by atoms with Crippen molar-refractivity contribution in [2.75, 3.05) is 0 Å². The van der Waals surface area contributed by atoms with E-state index in [9.17, 15) is 61.2 Å². The van der Waals surface area contributed by atoms with E-state index in [1.54, 1.807) is 0 Å². The summed E-state index contributed by atoms with van der Waals surface area (Å²) in [6, 6.07) is -0.187. The number of benzene rings is 2. The summed E-state index contributed by atoms with van der Waals surface area (Å²) in [6.45, 7) is 0. The molecule has 0 aliphatic carbocycles. The van der Waals surface area contributed by atoms with Gasteiger partial charge in [0, 0.05) is 9.05 Å². The van der Waals surface area contributed by atoms with Crippen molar-refractivity contribution in [1.82, 2.24) is 0 Å². The van der Waals surface area contributed by atoms with Crippen LogP contribution in [0.1, 0.15) is 52.6 Å². The smallest absolute Gasteiger partial charge is 0.406 e. The van der Waals surface area contributed by atoms with E-state index in [-0.39, 0.29) is 36.4 Å². The van der Waals surface area contributed by atoms with Crippen LogP contribution < -0.4 is 0 Å². The maximum Gasteiger partial charge on any atom is 0.406 e. The molecule has 18 heteroatoms. The fourth-order valence-electron chi connectivity index (χ4n) is 3.86. The van der Waals surface area contributed by atoms with Gasteiger partial charge in [0.25, 0.3) is 0 Å². The molecular weight excluding hydrogens is 558 g/mol. The first-order valence-corrected chi connectivity index (χ1v) is 9.57. The molecule has 208 valence electrons. The second kappa shape index (κ2) is 10.3. The van der Waals surface area contributed by atoms with Gasteiger partial charge in [0.1, 0.15) is 0 Å². The zero-order chi connectivity index (χ0) is 30.1. The van der Waals surface area contributed by atoms with E-state index in [0.717, 1.165) is 0 Å². The third-order valence-corrected chi connectivity index (χ3v) is 5.47. The molecule has 0 spiro atoms. The Morgan fingerprint density at radius 1 is 0.564 bits per heavy atom. The summed E-state index contributed by atoms with van der Waals surface area (Å²) in [5.41, 5.74) is -20.2. The van der Waals surface area contributed by atoms with E-state index in [1.165, 1.54) is 0 Å². The third-order valence-electron chi connectivity index (χ3n) is 5.47.